The summed E-state index contributed by atoms with van der Waals surface area (Å²) in [5.41, 5.74) is 4.23. The lowest BCUT2D eigenvalue weighted by Gasteiger charge is -2.20. The molecule has 3 atom stereocenters. The van der Waals surface area contributed by atoms with Gasteiger partial charge in [0.05, 0.1) is 6.10 Å². The van der Waals surface area contributed by atoms with Gasteiger partial charge in [-0.3, -0.25) is 4.79 Å². The molecule has 1 N–H and O–H groups in total. The predicted octanol–water partition coefficient (Wildman–Crippen LogP) is 2.21. The van der Waals surface area contributed by atoms with Crippen LogP contribution in [0, 0.1) is 6.92 Å². The molecule has 0 unspecified atom stereocenters. The minimum Gasteiger partial charge on any atom is -0.364 e. The summed E-state index contributed by atoms with van der Waals surface area (Å²) in [7, 11) is 3.57. The molecule has 1 aromatic carbocycles. The van der Waals surface area contributed by atoms with Gasteiger partial charge in [0.25, 0.3) is 5.91 Å². The number of carbonyl (C=O) groups excluding carboxylic acids is 1. The quantitative estimate of drug-likeness (QED) is 0.927. The highest BCUT2D eigenvalue weighted by atomic mass is 16.5. The first-order valence-electron chi connectivity index (χ1n) is 8.24. The lowest BCUT2D eigenvalue weighted by Crippen LogP contribution is -2.35. The van der Waals surface area contributed by atoms with Gasteiger partial charge >= 0.3 is 0 Å². The van der Waals surface area contributed by atoms with Crippen LogP contribution in [0.25, 0.3) is 0 Å². The first-order chi connectivity index (χ1) is 10.5. The molecular weight excluding hydrogens is 276 g/mol. The van der Waals surface area contributed by atoms with Crippen LogP contribution in [0.5, 0.6) is 0 Å². The summed E-state index contributed by atoms with van der Waals surface area (Å²) in [6.07, 6.45) is 4.02. The Bertz CT molecular complexity index is 556. The number of nitrogens with zero attached hydrogens (tertiary/aromatic N) is 1. The minimum absolute atomic E-state index is 0.0873. The number of hydrogen-bond acceptors (Lipinski definition) is 3. The molecule has 1 heterocycles. The van der Waals surface area contributed by atoms with E-state index in [9.17, 15) is 4.79 Å². The minimum atomic E-state index is -0.250. The topological polar surface area (TPSA) is 41.6 Å². The van der Waals surface area contributed by atoms with Crippen molar-refractivity contribution in [1.29, 1.82) is 0 Å². The second kappa shape index (κ2) is 6.39. The fourth-order valence-electron chi connectivity index (χ4n) is 3.53. The Kier molecular flexibility index (Phi) is 4.50. The van der Waals surface area contributed by atoms with Crippen LogP contribution in [-0.2, 0) is 16.0 Å². The highest BCUT2D eigenvalue weighted by molar-refractivity contribution is 5.80. The van der Waals surface area contributed by atoms with E-state index in [4.69, 9.17) is 4.74 Å². The summed E-state index contributed by atoms with van der Waals surface area (Å²) in [4.78, 5) is 13.6. The number of hydrogen-bond donors (Lipinski definition) is 1. The summed E-state index contributed by atoms with van der Waals surface area (Å²) in [6.45, 7) is 2.97. The molecule has 3 rings (SSSR count). The third-order valence-corrected chi connectivity index (χ3v) is 4.79. The summed E-state index contributed by atoms with van der Waals surface area (Å²) < 4.78 is 5.90. The fourth-order valence-corrected chi connectivity index (χ4v) is 3.53. The van der Waals surface area contributed by atoms with Crippen molar-refractivity contribution in [2.24, 2.45) is 0 Å². The maximum absolute atomic E-state index is 11.9. The van der Waals surface area contributed by atoms with Crippen molar-refractivity contribution in [3.63, 3.8) is 0 Å². The molecule has 1 saturated heterocycles. The van der Waals surface area contributed by atoms with E-state index in [2.05, 4.69) is 30.4 Å². The summed E-state index contributed by atoms with van der Waals surface area (Å²) in [5, 5.41) is 3.65. The number of rotatable bonds is 4. The van der Waals surface area contributed by atoms with Crippen LogP contribution in [0.15, 0.2) is 18.2 Å². The number of benzene rings is 1. The fraction of sp³-hybridized carbons (Fsp3) is 0.611. The lowest BCUT2D eigenvalue weighted by molar-refractivity contribution is -0.140. The van der Waals surface area contributed by atoms with Crippen LogP contribution in [-0.4, -0.2) is 43.7 Å². The van der Waals surface area contributed by atoms with Gasteiger partial charge in [0.2, 0.25) is 0 Å². The van der Waals surface area contributed by atoms with Gasteiger partial charge in [0, 0.05) is 26.7 Å². The number of ether oxygens (including phenoxy) is 1. The van der Waals surface area contributed by atoms with Gasteiger partial charge in [-0.15, -0.1) is 0 Å². The molecule has 1 fully saturated rings. The second-order valence-electron chi connectivity index (χ2n) is 6.76. The van der Waals surface area contributed by atoms with Crippen molar-refractivity contribution in [2.45, 2.75) is 50.9 Å². The van der Waals surface area contributed by atoms with E-state index in [1.807, 2.05) is 0 Å². The Morgan fingerprint density at radius 2 is 2.14 bits per heavy atom. The summed E-state index contributed by atoms with van der Waals surface area (Å²) >= 11 is 0. The Hall–Kier alpha value is -1.39. The molecule has 1 aliphatic heterocycles. The van der Waals surface area contributed by atoms with Crippen LogP contribution in [0.2, 0.25) is 0 Å². The zero-order valence-corrected chi connectivity index (χ0v) is 13.8. The SMILES string of the molecule is Cc1ccc2c(c1)[C@H](NC[C@@H]1CC[C@H](C(=O)N(C)C)O1)CC2. The molecule has 120 valence electrons. The second-order valence-corrected chi connectivity index (χ2v) is 6.76. The number of amides is 1. The highest BCUT2D eigenvalue weighted by Gasteiger charge is 2.32. The molecule has 0 radical (unpaired) electrons. The molecule has 0 aromatic heterocycles. The molecule has 1 aliphatic carbocycles. The van der Waals surface area contributed by atoms with E-state index in [0.29, 0.717) is 6.04 Å². The van der Waals surface area contributed by atoms with E-state index in [1.165, 1.54) is 16.7 Å². The van der Waals surface area contributed by atoms with Crippen LogP contribution >= 0.6 is 0 Å². The number of likely N-dealkylation sites (N-methyl/N-ethyl adjacent to an activating group) is 1. The van der Waals surface area contributed by atoms with Gasteiger partial charge < -0.3 is 15.0 Å². The van der Waals surface area contributed by atoms with Crippen LogP contribution in [0.1, 0.15) is 42.0 Å². The first kappa shape index (κ1) is 15.5. The molecule has 1 amide bonds. The van der Waals surface area contributed by atoms with Gasteiger partial charge in [0.15, 0.2) is 0 Å². The molecule has 4 nitrogen and oxygen atoms in total. The zero-order valence-electron chi connectivity index (χ0n) is 13.8. The van der Waals surface area contributed by atoms with Crippen molar-refractivity contribution >= 4 is 5.91 Å². The van der Waals surface area contributed by atoms with Gasteiger partial charge in [-0.1, -0.05) is 23.8 Å². The summed E-state index contributed by atoms with van der Waals surface area (Å²) in [6, 6.07) is 7.18. The third kappa shape index (κ3) is 3.18. The molecule has 0 bridgehead atoms. The Balaban J connectivity index is 1.53. The van der Waals surface area contributed by atoms with Crippen molar-refractivity contribution in [3.8, 4) is 0 Å². The number of carbonyl (C=O) groups is 1. The predicted molar refractivity (Wildman–Crippen MR) is 86.8 cm³/mol. The van der Waals surface area contributed by atoms with Gasteiger partial charge in [-0.05, 0) is 43.7 Å². The molecular formula is C18H26N2O2. The normalized spacial score (nSPS) is 27.0. The standard InChI is InChI=1S/C18H26N2O2/c1-12-4-5-13-6-8-16(15(13)10-12)19-11-14-7-9-17(22-14)18(21)20(2)3/h4-5,10,14,16-17,19H,6-9,11H2,1-3H3/t14-,16+,17+/m0/s1. The van der Waals surface area contributed by atoms with Crippen molar-refractivity contribution in [2.75, 3.05) is 20.6 Å². The largest absolute Gasteiger partial charge is 0.364 e. The Morgan fingerprint density at radius 3 is 2.91 bits per heavy atom. The van der Waals surface area contributed by atoms with Gasteiger partial charge in [0.1, 0.15) is 6.10 Å². The Labute approximate surface area is 132 Å². The molecule has 0 spiro atoms. The van der Waals surface area contributed by atoms with Crippen molar-refractivity contribution in [1.82, 2.24) is 10.2 Å². The van der Waals surface area contributed by atoms with E-state index in [0.717, 1.165) is 32.2 Å². The average Bonchev–Trinajstić information content (AvgIpc) is 3.10. The van der Waals surface area contributed by atoms with E-state index in [1.54, 1.807) is 19.0 Å². The van der Waals surface area contributed by atoms with Crippen LogP contribution < -0.4 is 5.32 Å². The smallest absolute Gasteiger partial charge is 0.251 e. The molecule has 2 aliphatic rings. The van der Waals surface area contributed by atoms with E-state index >= 15 is 0 Å². The monoisotopic (exact) mass is 302 g/mol. The van der Waals surface area contributed by atoms with Crippen LogP contribution in [0.3, 0.4) is 0 Å². The molecule has 4 heteroatoms. The third-order valence-electron chi connectivity index (χ3n) is 4.79. The van der Waals surface area contributed by atoms with Crippen LogP contribution in [0.4, 0.5) is 0 Å². The number of fused-ring (bicyclic) bond motifs is 1. The first-order valence-corrected chi connectivity index (χ1v) is 8.24. The number of nitrogens with one attached hydrogen (secondary N) is 1. The van der Waals surface area contributed by atoms with Gasteiger partial charge in [-0.2, -0.15) is 0 Å². The molecule has 0 saturated carbocycles. The maximum Gasteiger partial charge on any atom is 0.251 e. The molecule has 22 heavy (non-hydrogen) atoms. The maximum atomic E-state index is 11.9. The summed E-state index contributed by atoms with van der Waals surface area (Å²) in [5.74, 6) is 0.0873. The number of aryl methyl sites for hydroxylation is 2. The van der Waals surface area contributed by atoms with E-state index in [-0.39, 0.29) is 18.1 Å². The van der Waals surface area contributed by atoms with Crippen molar-refractivity contribution in [3.05, 3.63) is 34.9 Å². The molecule has 1 aromatic rings. The lowest BCUT2D eigenvalue weighted by atomic mass is 10.0. The van der Waals surface area contributed by atoms with Crippen molar-refractivity contribution < 1.29 is 9.53 Å². The zero-order chi connectivity index (χ0) is 15.7. The van der Waals surface area contributed by atoms with E-state index < -0.39 is 0 Å². The average molecular weight is 302 g/mol. The Morgan fingerprint density at radius 1 is 1.32 bits per heavy atom. The van der Waals surface area contributed by atoms with Gasteiger partial charge in [-0.25, -0.2) is 0 Å². The highest BCUT2D eigenvalue weighted by Crippen LogP contribution is 2.32.